The van der Waals surface area contributed by atoms with Gasteiger partial charge >= 0.3 is 0 Å². The first-order valence-corrected chi connectivity index (χ1v) is 25.0. The smallest absolute Gasteiger partial charge is 0.0540 e. The minimum absolute atomic E-state index is 0.0619. The van der Waals surface area contributed by atoms with Crippen LogP contribution in [0.25, 0.3) is 87.2 Å². The maximum absolute atomic E-state index is 2.55. The van der Waals surface area contributed by atoms with Crippen LogP contribution in [0.1, 0.15) is 74.6 Å². The average molecular weight is 876 g/mol. The van der Waals surface area contributed by atoms with E-state index in [1.54, 1.807) is 0 Å². The molecule has 0 atom stereocenters. The largest absolute Gasteiger partial charge is 0.309 e. The number of aryl methyl sites for hydroxylation is 2. The van der Waals surface area contributed by atoms with Crippen LogP contribution in [0.2, 0.25) is 0 Å². The SMILES string of the molecule is CCCCC1(CCCC)c2ccccc2-c2cc(-c3c4ccccc4c(-c4ccc(N(c5ccc(C)c6ccccc56)c5ccc(C)c6ccccc56)c5ccccc45)c4ccccc34)ccc21. The van der Waals surface area contributed by atoms with Gasteiger partial charge in [-0.15, -0.1) is 0 Å². The highest BCUT2D eigenvalue weighted by atomic mass is 15.1. The summed E-state index contributed by atoms with van der Waals surface area (Å²) in [5.41, 5.74) is 17.1. The third-order valence-corrected chi connectivity index (χ3v) is 15.5. The summed E-state index contributed by atoms with van der Waals surface area (Å²) in [6, 6.07) is 76.0. The van der Waals surface area contributed by atoms with Gasteiger partial charge in [0.1, 0.15) is 0 Å². The van der Waals surface area contributed by atoms with Gasteiger partial charge < -0.3 is 4.90 Å². The zero-order valence-electron chi connectivity index (χ0n) is 39.7. The maximum Gasteiger partial charge on any atom is 0.0540 e. The molecule has 1 aliphatic rings. The molecule has 330 valence electrons. The van der Waals surface area contributed by atoms with E-state index in [4.69, 9.17) is 0 Å². The number of nitrogens with zero attached hydrogens (tertiary/aromatic N) is 1. The van der Waals surface area contributed by atoms with Crippen LogP contribution in [0.5, 0.6) is 0 Å². The summed E-state index contributed by atoms with van der Waals surface area (Å²) in [5.74, 6) is 0. The lowest BCUT2D eigenvalue weighted by Gasteiger charge is -2.32. The van der Waals surface area contributed by atoms with Crippen LogP contribution in [-0.2, 0) is 5.41 Å². The fourth-order valence-electron chi connectivity index (χ4n) is 12.3. The van der Waals surface area contributed by atoms with Crippen LogP contribution in [-0.4, -0.2) is 0 Å². The fraction of sp³-hybridized carbons (Fsp3) is 0.164. The number of fused-ring (bicyclic) bond motifs is 8. The molecule has 0 amide bonds. The number of rotatable bonds is 11. The highest BCUT2D eigenvalue weighted by Crippen LogP contribution is 2.56. The summed E-state index contributed by atoms with van der Waals surface area (Å²) in [7, 11) is 0. The van der Waals surface area contributed by atoms with Crippen molar-refractivity contribution in [2.45, 2.75) is 71.6 Å². The summed E-state index contributed by atoms with van der Waals surface area (Å²) in [4.78, 5) is 2.53. The van der Waals surface area contributed by atoms with Crippen molar-refractivity contribution < 1.29 is 0 Å². The Balaban J connectivity index is 1.10. The molecule has 0 bridgehead atoms. The van der Waals surface area contributed by atoms with Crippen LogP contribution in [0.3, 0.4) is 0 Å². The van der Waals surface area contributed by atoms with Crippen LogP contribution in [0, 0.1) is 13.8 Å². The summed E-state index contributed by atoms with van der Waals surface area (Å²) < 4.78 is 0. The first kappa shape index (κ1) is 41.9. The third kappa shape index (κ3) is 6.51. The molecule has 0 spiro atoms. The number of anilines is 3. The molecule has 0 heterocycles. The van der Waals surface area contributed by atoms with E-state index in [9.17, 15) is 0 Å². The Labute approximate surface area is 401 Å². The number of hydrogen-bond donors (Lipinski definition) is 0. The molecule has 0 fully saturated rings. The zero-order valence-corrected chi connectivity index (χ0v) is 39.7. The molecular weight excluding hydrogens is 819 g/mol. The first-order valence-electron chi connectivity index (χ1n) is 25.0. The second-order valence-electron chi connectivity index (χ2n) is 19.3. The molecule has 0 radical (unpaired) electrons. The predicted molar refractivity (Wildman–Crippen MR) is 294 cm³/mol. The third-order valence-electron chi connectivity index (χ3n) is 15.5. The molecule has 0 aromatic heterocycles. The molecular formula is C67H57N. The fourth-order valence-corrected chi connectivity index (χ4v) is 12.3. The lowest BCUT2D eigenvalue weighted by Crippen LogP contribution is -2.25. The molecule has 11 aromatic carbocycles. The van der Waals surface area contributed by atoms with Crippen molar-refractivity contribution in [1.29, 1.82) is 0 Å². The number of benzene rings is 11. The van der Waals surface area contributed by atoms with Crippen LogP contribution in [0.4, 0.5) is 17.1 Å². The normalized spacial score (nSPS) is 12.9. The average Bonchev–Trinajstić information content (AvgIpc) is 3.66. The zero-order chi connectivity index (χ0) is 45.9. The Kier molecular flexibility index (Phi) is 10.5. The van der Waals surface area contributed by atoms with Crippen molar-refractivity contribution in [3.8, 4) is 33.4 Å². The Morgan fingerprint density at radius 3 is 1.28 bits per heavy atom. The number of unbranched alkanes of at least 4 members (excludes halogenated alkanes) is 2. The van der Waals surface area contributed by atoms with Crippen molar-refractivity contribution in [3.05, 3.63) is 222 Å². The molecule has 1 nitrogen and oxygen atoms in total. The van der Waals surface area contributed by atoms with Crippen molar-refractivity contribution in [2.24, 2.45) is 0 Å². The van der Waals surface area contributed by atoms with Crippen molar-refractivity contribution in [3.63, 3.8) is 0 Å². The molecule has 0 unspecified atom stereocenters. The molecule has 0 saturated heterocycles. The van der Waals surface area contributed by atoms with E-state index < -0.39 is 0 Å². The minimum Gasteiger partial charge on any atom is -0.309 e. The van der Waals surface area contributed by atoms with E-state index in [2.05, 4.69) is 233 Å². The Hall–Kier alpha value is -7.48. The quantitative estimate of drug-likeness (QED) is 0.117. The highest BCUT2D eigenvalue weighted by Gasteiger charge is 2.42. The van der Waals surface area contributed by atoms with E-state index in [1.165, 1.54) is 159 Å². The molecule has 1 heteroatoms. The van der Waals surface area contributed by atoms with Crippen LogP contribution >= 0.6 is 0 Å². The molecule has 0 aliphatic heterocycles. The Morgan fingerprint density at radius 1 is 0.338 bits per heavy atom. The Morgan fingerprint density at radius 2 is 0.750 bits per heavy atom. The second-order valence-corrected chi connectivity index (χ2v) is 19.3. The monoisotopic (exact) mass is 875 g/mol. The van der Waals surface area contributed by atoms with Crippen molar-refractivity contribution in [2.75, 3.05) is 4.90 Å². The van der Waals surface area contributed by atoms with E-state index in [1.807, 2.05) is 0 Å². The predicted octanol–water partition coefficient (Wildman–Crippen LogP) is 19.5. The molecule has 1 aliphatic carbocycles. The van der Waals surface area contributed by atoms with Crippen molar-refractivity contribution >= 4 is 70.9 Å². The standard InChI is InChI=1S/C67H57N/c1-5-7-41-67(42-8-6-2)60-32-20-19-24-50(60)59-43-46(35-37-61(59)67)65-54-28-15-17-30-56(54)66(57-31-18-16-29-55(57)65)58-36-40-64(53-27-14-11-23-49(53)58)68(62-38-33-44(3)47-21-9-12-25-51(47)62)63-39-34-45(4)48-22-10-13-26-52(48)63/h9-40,43H,5-8,41-42H2,1-4H3. The van der Waals surface area contributed by atoms with Gasteiger partial charge in [-0.05, 0) is 144 Å². The lowest BCUT2D eigenvalue weighted by atomic mass is 9.70. The maximum atomic E-state index is 2.55. The van der Waals surface area contributed by atoms with Gasteiger partial charge in [0.15, 0.2) is 0 Å². The van der Waals surface area contributed by atoms with Gasteiger partial charge in [0.2, 0.25) is 0 Å². The van der Waals surface area contributed by atoms with Gasteiger partial charge in [-0.3, -0.25) is 0 Å². The molecule has 68 heavy (non-hydrogen) atoms. The van der Waals surface area contributed by atoms with Crippen molar-refractivity contribution in [1.82, 2.24) is 0 Å². The molecule has 0 N–H and O–H groups in total. The lowest BCUT2D eigenvalue weighted by molar-refractivity contribution is 0.414. The summed E-state index contributed by atoms with van der Waals surface area (Å²) >= 11 is 0. The van der Waals surface area contributed by atoms with Crippen LogP contribution in [0.15, 0.2) is 200 Å². The van der Waals surface area contributed by atoms with Gasteiger partial charge in [-0.2, -0.15) is 0 Å². The first-order chi connectivity index (χ1) is 33.5. The minimum atomic E-state index is 0.0619. The van der Waals surface area contributed by atoms with E-state index in [0.717, 1.165) is 5.69 Å². The topological polar surface area (TPSA) is 3.24 Å². The van der Waals surface area contributed by atoms with Gasteiger partial charge in [0, 0.05) is 21.6 Å². The van der Waals surface area contributed by atoms with E-state index in [0.29, 0.717) is 0 Å². The number of hydrogen-bond acceptors (Lipinski definition) is 1. The van der Waals surface area contributed by atoms with Gasteiger partial charge in [0.05, 0.1) is 17.1 Å². The highest BCUT2D eigenvalue weighted by molar-refractivity contribution is 6.24. The molecule has 0 saturated carbocycles. The summed E-state index contributed by atoms with van der Waals surface area (Å²) in [6.07, 6.45) is 7.27. The second kappa shape index (κ2) is 17.0. The molecule has 12 rings (SSSR count). The van der Waals surface area contributed by atoms with E-state index >= 15 is 0 Å². The van der Waals surface area contributed by atoms with Gasteiger partial charge in [-0.25, -0.2) is 0 Å². The Bertz CT molecular complexity index is 3610. The van der Waals surface area contributed by atoms with E-state index in [-0.39, 0.29) is 5.41 Å². The van der Waals surface area contributed by atoms with Crippen LogP contribution < -0.4 is 4.90 Å². The summed E-state index contributed by atoms with van der Waals surface area (Å²) in [5, 5.41) is 12.6. The summed E-state index contributed by atoms with van der Waals surface area (Å²) in [6.45, 7) is 9.12. The van der Waals surface area contributed by atoms with Gasteiger partial charge in [0.25, 0.3) is 0 Å². The molecule has 11 aromatic rings. The van der Waals surface area contributed by atoms with Gasteiger partial charge in [-0.1, -0.05) is 215 Å².